The third kappa shape index (κ3) is 3.51. The second-order valence-electron chi connectivity index (χ2n) is 7.35. The van der Waals surface area contributed by atoms with Crippen LogP contribution in [0.15, 0.2) is 48.7 Å². The van der Waals surface area contributed by atoms with Crippen LogP contribution in [-0.4, -0.2) is 26.9 Å². The molecule has 0 aliphatic heterocycles. The van der Waals surface area contributed by atoms with E-state index < -0.39 is 6.04 Å². The monoisotopic (exact) mass is 375 g/mol. The quantitative estimate of drug-likeness (QED) is 0.410. The molecule has 6 heteroatoms. The van der Waals surface area contributed by atoms with Crippen LogP contribution < -0.4 is 11.1 Å². The van der Waals surface area contributed by atoms with Gasteiger partial charge in [-0.15, -0.1) is 0 Å². The summed E-state index contributed by atoms with van der Waals surface area (Å²) < 4.78 is 0. The van der Waals surface area contributed by atoms with Gasteiger partial charge >= 0.3 is 0 Å². The summed E-state index contributed by atoms with van der Waals surface area (Å²) in [6, 6.07) is 13.4. The number of carbonyl (C=O) groups is 1. The maximum atomic E-state index is 12.3. The third-order valence-electron chi connectivity index (χ3n) is 5.39. The van der Waals surface area contributed by atoms with E-state index in [1.807, 2.05) is 50.4 Å². The number of amides is 1. The van der Waals surface area contributed by atoms with Crippen LogP contribution in [0.4, 0.5) is 5.69 Å². The zero-order chi connectivity index (χ0) is 19.7. The van der Waals surface area contributed by atoms with Gasteiger partial charge in [0.1, 0.15) is 5.82 Å². The van der Waals surface area contributed by atoms with Crippen molar-refractivity contribution < 1.29 is 4.79 Å². The van der Waals surface area contributed by atoms with Crippen molar-refractivity contribution in [2.45, 2.75) is 32.7 Å². The van der Waals surface area contributed by atoms with Gasteiger partial charge in [-0.3, -0.25) is 4.79 Å². The number of aromatic amines is 2. The SMILES string of the molecule is CC[C@H](C)C(N)C(=O)Nc1ccc2nc(Cc3c[nH]c4ccccc34)[nH]c2c1. The van der Waals surface area contributed by atoms with E-state index >= 15 is 0 Å². The molecular formula is C22H25N5O. The minimum atomic E-state index is -0.514. The Morgan fingerprint density at radius 2 is 2.04 bits per heavy atom. The maximum Gasteiger partial charge on any atom is 0.241 e. The fourth-order valence-electron chi connectivity index (χ4n) is 3.42. The summed E-state index contributed by atoms with van der Waals surface area (Å²) in [5, 5.41) is 4.11. The molecule has 0 radical (unpaired) electrons. The Bertz CT molecular complexity index is 1130. The number of nitrogens with zero attached hydrogens (tertiary/aromatic N) is 1. The number of hydrogen-bond acceptors (Lipinski definition) is 3. The number of rotatable bonds is 6. The molecule has 2 atom stereocenters. The zero-order valence-electron chi connectivity index (χ0n) is 16.1. The summed E-state index contributed by atoms with van der Waals surface area (Å²) in [4.78, 5) is 23.7. The fourth-order valence-corrected chi connectivity index (χ4v) is 3.42. The molecule has 2 aromatic heterocycles. The number of imidazole rings is 1. The van der Waals surface area contributed by atoms with Gasteiger partial charge < -0.3 is 21.0 Å². The molecule has 2 heterocycles. The van der Waals surface area contributed by atoms with Gasteiger partial charge in [-0.2, -0.15) is 0 Å². The van der Waals surface area contributed by atoms with Crippen LogP contribution in [0.25, 0.3) is 21.9 Å². The summed E-state index contributed by atoms with van der Waals surface area (Å²) in [5.41, 5.74) is 10.8. The minimum Gasteiger partial charge on any atom is -0.361 e. The smallest absolute Gasteiger partial charge is 0.241 e. The van der Waals surface area contributed by atoms with Gasteiger partial charge in [0.25, 0.3) is 0 Å². The van der Waals surface area contributed by atoms with E-state index in [1.165, 1.54) is 10.9 Å². The number of hydrogen-bond donors (Lipinski definition) is 4. The van der Waals surface area contributed by atoms with Crippen molar-refractivity contribution in [2.75, 3.05) is 5.32 Å². The Morgan fingerprint density at radius 3 is 2.86 bits per heavy atom. The highest BCUT2D eigenvalue weighted by Gasteiger charge is 2.19. The average molecular weight is 375 g/mol. The standard InChI is InChI=1S/C22H25N5O/c1-3-13(2)21(23)22(28)25-15-8-9-18-19(11-15)27-20(26-18)10-14-12-24-17-7-5-4-6-16(14)17/h4-9,11-13,21,24H,3,10,23H2,1-2H3,(H,25,28)(H,26,27)/t13-,21?/m0/s1. The van der Waals surface area contributed by atoms with Gasteiger partial charge in [-0.25, -0.2) is 4.98 Å². The highest BCUT2D eigenvalue weighted by atomic mass is 16.2. The second-order valence-corrected chi connectivity index (χ2v) is 7.35. The van der Waals surface area contributed by atoms with Crippen molar-refractivity contribution in [3.63, 3.8) is 0 Å². The molecule has 0 fully saturated rings. The summed E-state index contributed by atoms with van der Waals surface area (Å²) in [5.74, 6) is 0.866. The Hall–Kier alpha value is -3.12. The first-order valence-electron chi connectivity index (χ1n) is 9.65. The van der Waals surface area contributed by atoms with E-state index in [1.54, 1.807) is 0 Å². The molecule has 144 valence electrons. The van der Waals surface area contributed by atoms with Crippen LogP contribution in [0.2, 0.25) is 0 Å². The number of anilines is 1. The van der Waals surface area contributed by atoms with Crippen LogP contribution >= 0.6 is 0 Å². The lowest BCUT2D eigenvalue weighted by Gasteiger charge is -2.17. The summed E-state index contributed by atoms with van der Waals surface area (Å²) in [7, 11) is 0. The first kappa shape index (κ1) is 18.3. The van der Waals surface area contributed by atoms with Gasteiger partial charge in [0.15, 0.2) is 0 Å². The van der Waals surface area contributed by atoms with Crippen LogP contribution in [0, 0.1) is 5.92 Å². The van der Waals surface area contributed by atoms with Crippen molar-refractivity contribution in [3.05, 3.63) is 60.0 Å². The zero-order valence-corrected chi connectivity index (χ0v) is 16.1. The minimum absolute atomic E-state index is 0.138. The van der Waals surface area contributed by atoms with Crippen LogP contribution in [-0.2, 0) is 11.2 Å². The highest BCUT2D eigenvalue weighted by molar-refractivity contribution is 5.96. The van der Waals surface area contributed by atoms with Gasteiger partial charge in [0.2, 0.25) is 5.91 Å². The summed E-state index contributed by atoms with van der Waals surface area (Å²) in [6.07, 6.45) is 3.60. The first-order chi connectivity index (χ1) is 13.5. The molecule has 1 unspecified atom stereocenters. The molecule has 4 aromatic rings. The number of nitrogens with one attached hydrogen (secondary N) is 3. The summed E-state index contributed by atoms with van der Waals surface area (Å²) in [6.45, 7) is 4.02. The number of aromatic nitrogens is 3. The molecular weight excluding hydrogens is 350 g/mol. The maximum absolute atomic E-state index is 12.3. The van der Waals surface area contributed by atoms with Crippen LogP contribution in [0.5, 0.6) is 0 Å². The van der Waals surface area contributed by atoms with E-state index in [4.69, 9.17) is 5.73 Å². The van der Waals surface area contributed by atoms with Gasteiger partial charge in [0, 0.05) is 29.2 Å². The molecule has 6 nitrogen and oxygen atoms in total. The predicted molar refractivity (Wildman–Crippen MR) is 113 cm³/mol. The van der Waals surface area contributed by atoms with Crippen LogP contribution in [0.3, 0.4) is 0 Å². The average Bonchev–Trinajstić information content (AvgIpc) is 3.30. The van der Waals surface area contributed by atoms with Crippen molar-refractivity contribution in [3.8, 4) is 0 Å². The number of fused-ring (bicyclic) bond motifs is 2. The topological polar surface area (TPSA) is 99.6 Å². The molecule has 0 spiro atoms. The number of benzene rings is 2. The molecule has 28 heavy (non-hydrogen) atoms. The number of para-hydroxylation sites is 1. The Kier molecular flexibility index (Phi) is 4.88. The number of nitrogens with two attached hydrogens (primary N) is 1. The van der Waals surface area contributed by atoms with Crippen molar-refractivity contribution in [1.82, 2.24) is 15.0 Å². The molecule has 2 aromatic carbocycles. The molecule has 0 aliphatic rings. The van der Waals surface area contributed by atoms with Gasteiger partial charge in [0.05, 0.1) is 17.1 Å². The normalized spacial score (nSPS) is 13.7. The van der Waals surface area contributed by atoms with Crippen LogP contribution in [0.1, 0.15) is 31.7 Å². The number of H-pyrrole nitrogens is 2. The Balaban J connectivity index is 1.54. The van der Waals surface area contributed by atoms with E-state index in [9.17, 15) is 4.79 Å². The largest absolute Gasteiger partial charge is 0.361 e. The lowest BCUT2D eigenvalue weighted by molar-refractivity contribution is -0.118. The molecule has 0 saturated heterocycles. The second kappa shape index (κ2) is 7.48. The van der Waals surface area contributed by atoms with E-state index in [-0.39, 0.29) is 11.8 Å². The van der Waals surface area contributed by atoms with Gasteiger partial charge in [-0.05, 0) is 35.7 Å². The molecule has 0 aliphatic carbocycles. The molecule has 0 bridgehead atoms. The molecule has 4 rings (SSSR count). The van der Waals surface area contributed by atoms with E-state index in [0.717, 1.165) is 34.5 Å². The number of carbonyl (C=O) groups excluding carboxylic acids is 1. The molecule has 5 N–H and O–H groups in total. The Labute approximate surface area is 163 Å². The Morgan fingerprint density at radius 1 is 1.21 bits per heavy atom. The third-order valence-corrected chi connectivity index (χ3v) is 5.39. The summed E-state index contributed by atoms with van der Waals surface area (Å²) >= 11 is 0. The van der Waals surface area contributed by atoms with E-state index in [0.29, 0.717) is 6.42 Å². The van der Waals surface area contributed by atoms with Crippen molar-refractivity contribution >= 4 is 33.5 Å². The first-order valence-corrected chi connectivity index (χ1v) is 9.65. The van der Waals surface area contributed by atoms with Gasteiger partial charge in [-0.1, -0.05) is 38.5 Å². The highest BCUT2D eigenvalue weighted by Crippen LogP contribution is 2.23. The van der Waals surface area contributed by atoms with E-state index in [2.05, 4.69) is 32.4 Å². The predicted octanol–water partition coefficient (Wildman–Crippen LogP) is 3.95. The molecule has 1 amide bonds. The molecule has 0 saturated carbocycles. The lowest BCUT2D eigenvalue weighted by atomic mass is 9.99. The fraction of sp³-hybridized carbons (Fsp3) is 0.273. The van der Waals surface area contributed by atoms with Crippen molar-refractivity contribution in [2.24, 2.45) is 11.7 Å². The lowest BCUT2D eigenvalue weighted by Crippen LogP contribution is -2.40. The van der Waals surface area contributed by atoms with Crippen molar-refractivity contribution in [1.29, 1.82) is 0 Å².